The highest BCUT2D eigenvalue weighted by atomic mass is 32.1. The molecule has 0 atom stereocenters. The number of fused-ring (bicyclic) bond motifs is 1. The van der Waals surface area contributed by atoms with Gasteiger partial charge in [0.25, 0.3) is 0 Å². The summed E-state index contributed by atoms with van der Waals surface area (Å²) in [5, 5.41) is 0. The first-order valence-corrected chi connectivity index (χ1v) is 7.80. The number of rotatable bonds is 4. The lowest BCUT2D eigenvalue weighted by Crippen LogP contribution is -2.17. The molecular weight excluding hydrogens is 306 g/mol. The first kappa shape index (κ1) is 15.5. The highest BCUT2D eigenvalue weighted by Gasteiger charge is 2.14. The Morgan fingerprint density at radius 1 is 1.17 bits per heavy atom. The van der Waals surface area contributed by atoms with Crippen LogP contribution in [0.2, 0.25) is 0 Å². The Morgan fingerprint density at radius 2 is 1.83 bits per heavy atom. The van der Waals surface area contributed by atoms with E-state index >= 15 is 0 Å². The van der Waals surface area contributed by atoms with E-state index in [0.717, 1.165) is 28.2 Å². The third-order valence-corrected chi connectivity index (χ3v) is 4.15. The van der Waals surface area contributed by atoms with Gasteiger partial charge in [0.2, 0.25) is 0 Å². The van der Waals surface area contributed by atoms with Gasteiger partial charge in [0.1, 0.15) is 11.6 Å². The van der Waals surface area contributed by atoms with Crippen LogP contribution in [0.1, 0.15) is 11.1 Å². The molecule has 5 heteroatoms. The van der Waals surface area contributed by atoms with E-state index in [1.807, 2.05) is 24.3 Å². The molecule has 0 spiro atoms. The molecule has 1 aromatic heterocycles. The maximum Gasteiger partial charge on any atom is 0.141 e. The second-order valence-electron chi connectivity index (χ2n) is 5.64. The van der Waals surface area contributed by atoms with Crippen LogP contribution in [0.25, 0.3) is 22.4 Å². The molecule has 0 aliphatic rings. The van der Waals surface area contributed by atoms with Crippen molar-refractivity contribution in [3.05, 3.63) is 47.5 Å². The minimum absolute atomic E-state index is 0.442. The van der Waals surface area contributed by atoms with E-state index in [-0.39, 0.29) is 0 Å². The van der Waals surface area contributed by atoms with Crippen LogP contribution in [0.5, 0.6) is 5.75 Å². The summed E-state index contributed by atoms with van der Waals surface area (Å²) in [4.78, 5) is 5.24. The minimum Gasteiger partial charge on any atom is -0.497 e. The van der Waals surface area contributed by atoms with E-state index in [9.17, 15) is 0 Å². The molecule has 0 saturated carbocycles. The summed E-state index contributed by atoms with van der Waals surface area (Å²) in [6, 6.07) is 12.1. The Hall–Kier alpha value is -2.40. The van der Waals surface area contributed by atoms with Gasteiger partial charge in [-0.25, -0.2) is 4.98 Å². The van der Waals surface area contributed by atoms with Crippen molar-refractivity contribution < 1.29 is 4.74 Å². The highest BCUT2D eigenvalue weighted by molar-refractivity contribution is 7.80. The largest absolute Gasteiger partial charge is 0.497 e. The van der Waals surface area contributed by atoms with Crippen LogP contribution in [-0.4, -0.2) is 21.6 Å². The van der Waals surface area contributed by atoms with Crippen molar-refractivity contribution in [1.29, 1.82) is 0 Å². The predicted octanol–water partition coefficient (Wildman–Crippen LogP) is 3.61. The van der Waals surface area contributed by atoms with Crippen LogP contribution in [0.15, 0.2) is 36.4 Å². The number of hydrogen-bond acceptors (Lipinski definition) is 3. The quantitative estimate of drug-likeness (QED) is 0.745. The molecule has 3 rings (SSSR count). The zero-order valence-corrected chi connectivity index (χ0v) is 14.3. The first-order valence-electron chi connectivity index (χ1n) is 7.40. The summed E-state index contributed by atoms with van der Waals surface area (Å²) in [6.45, 7) is 4.66. The van der Waals surface area contributed by atoms with Gasteiger partial charge in [0.05, 0.1) is 29.7 Å². The van der Waals surface area contributed by atoms with Crippen LogP contribution in [0, 0.1) is 13.8 Å². The number of aromatic nitrogens is 2. The third kappa shape index (κ3) is 2.92. The number of benzene rings is 2. The lowest BCUT2D eigenvalue weighted by molar-refractivity contribution is 0.415. The number of nitrogens with zero attached hydrogens (tertiary/aromatic N) is 2. The van der Waals surface area contributed by atoms with Gasteiger partial charge in [0.15, 0.2) is 0 Å². The molecule has 118 valence electrons. The maximum atomic E-state index is 5.80. The average molecular weight is 325 g/mol. The Labute approximate surface area is 140 Å². The molecule has 0 radical (unpaired) electrons. The number of nitrogens with two attached hydrogens (primary N) is 1. The molecular formula is C18H19N3OS. The van der Waals surface area contributed by atoms with E-state index in [1.165, 1.54) is 11.1 Å². The van der Waals surface area contributed by atoms with Gasteiger partial charge in [-0.2, -0.15) is 0 Å². The van der Waals surface area contributed by atoms with Gasteiger partial charge >= 0.3 is 0 Å². The molecule has 0 fully saturated rings. The van der Waals surface area contributed by atoms with Crippen LogP contribution in [0.3, 0.4) is 0 Å². The second kappa shape index (κ2) is 6.01. The molecule has 0 saturated heterocycles. The summed E-state index contributed by atoms with van der Waals surface area (Å²) >= 11 is 5.12. The smallest absolute Gasteiger partial charge is 0.141 e. The zero-order chi connectivity index (χ0) is 16.6. The number of imidazole rings is 1. The fraction of sp³-hybridized carbons (Fsp3) is 0.222. The molecule has 0 aliphatic heterocycles. The van der Waals surface area contributed by atoms with E-state index in [4.69, 9.17) is 27.7 Å². The molecule has 0 aliphatic carbocycles. The topological polar surface area (TPSA) is 53.1 Å². The van der Waals surface area contributed by atoms with Crippen molar-refractivity contribution in [3.63, 3.8) is 0 Å². The van der Waals surface area contributed by atoms with Crippen molar-refractivity contribution in [1.82, 2.24) is 9.55 Å². The van der Waals surface area contributed by atoms with Crippen LogP contribution >= 0.6 is 12.2 Å². The molecule has 0 unspecified atom stereocenters. The lowest BCUT2D eigenvalue weighted by Gasteiger charge is -2.09. The van der Waals surface area contributed by atoms with E-state index in [1.54, 1.807) is 7.11 Å². The molecule has 23 heavy (non-hydrogen) atoms. The highest BCUT2D eigenvalue weighted by Crippen LogP contribution is 2.28. The average Bonchev–Trinajstić information content (AvgIpc) is 2.85. The Bertz CT molecular complexity index is 881. The maximum absolute atomic E-state index is 5.80. The molecule has 2 N–H and O–H groups in total. The van der Waals surface area contributed by atoms with E-state index < -0.39 is 0 Å². The van der Waals surface area contributed by atoms with Crippen molar-refractivity contribution >= 4 is 28.2 Å². The van der Waals surface area contributed by atoms with E-state index in [2.05, 4.69) is 30.5 Å². The predicted molar refractivity (Wildman–Crippen MR) is 98.0 cm³/mol. The Kier molecular flexibility index (Phi) is 4.05. The second-order valence-corrected chi connectivity index (χ2v) is 6.17. The number of aryl methyl sites for hydroxylation is 2. The van der Waals surface area contributed by atoms with Gasteiger partial charge < -0.3 is 15.0 Å². The van der Waals surface area contributed by atoms with Crippen molar-refractivity contribution in [2.45, 2.75) is 20.4 Å². The van der Waals surface area contributed by atoms with Crippen molar-refractivity contribution in [2.24, 2.45) is 5.73 Å². The molecule has 3 aromatic rings. The van der Waals surface area contributed by atoms with E-state index in [0.29, 0.717) is 11.5 Å². The van der Waals surface area contributed by atoms with Gasteiger partial charge in [-0.05, 0) is 61.4 Å². The summed E-state index contributed by atoms with van der Waals surface area (Å²) in [7, 11) is 1.66. The third-order valence-electron chi connectivity index (χ3n) is 4.03. The first-order chi connectivity index (χ1) is 11.0. The summed E-state index contributed by atoms with van der Waals surface area (Å²) < 4.78 is 7.30. The SMILES string of the molecule is COc1ccc(-c2nc3cc(C)c(C)cc3n2CC(N)=S)cc1. The van der Waals surface area contributed by atoms with Crippen LogP contribution in [0.4, 0.5) is 0 Å². The minimum atomic E-state index is 0.442. The van der Waals surface area contributed by atoms with Gasteiger partial charge in [-0.1, -0.05) is 12.2 Å². The van der Waals surface area contributed by atoms with Gasteiger partial charge in [-0.15, -0.1) is 0 Å². The summed E-state index contributed by atoms with van der Waals surface area (Å²) in [5.41, 5.74) is 11.3. The fourth-order valence-electron chi connectivity index (χ4n) is 2.66. The number of thiocarbonyl (C=S) groups is 1. The van der Waals surface area contributed by atoms with Gasteiger partial charge in [-0.3, -0.25) is 0 Å². The van der Waals surface area contributed by atoms with Crippen LogP contribution in [-0.2, 0) is 6.54 Å². The molecule has 2 aromatic carbocycles. The number of hydrogen-bond donors (Lipinski definition) is 1. The standard InChI is InChI=1S/C18H19N3OS/c1-11-8-15-16(9-12(11)2)21(10-17(19)23)18(20-15)13-4-6-14(22-3)7-5-13/h4-9H,10H2,1-3H3,(H2,19,23). The lowest BCUT2D eigenvalue weighted by atomic mass is 10.1. The number of ether oxygens (including phenoxy) is 1. The molecule has 0 amide bonds. The fourth-order valence-corrected chi connectivity index (χ4v) is 2.79. The number of methoxy groups -OCH3 is 1. The van der Waals surface area contributed by atoms with Crippen molar-refractivity contribution in [2.75, 3.05) is 7.11 Å². The molecule has 0 bridgehead atoms. The molecule has 4 nitrogen and oxygen atoms in total. The molecule has 1 heterocycles. The summed E-state index contributed by atoms with van der Waals surface area (Å²) in [6.07, 6.45) is 0. The van der Waals surface area contributed by atoms with Crippen LogP contribution < -0.4 is 10.5 Å². The normalized spacial score (nSPS) is 10.9. The van der Waals surface area contributed by atoms with Crippen molar-refractivity contribution in [3.8, 4) is 17.1 Å². The monoisotopic (exact) mass is 325 g/mol. The zero-order valence-electron chi connectivity index (χ0n) is 13.5. The summed E-state index contributed by atoms with van der Waals surface area (Å²) in [5.74, 6) is 1.68. The Morgan fingerprint density at radius 3 is 2.43 bits per heavy atom. The Balaban J connectivity index is 2.23. The van der Waals surface area contributed by atoms with Gasteiger partial charge in [0, 0.05) is 5.56 Å².